The van der Waals surface area contributed by atoms with Crippen LogP contribution in [0.25, 0.3) is 0 Å². The van der Waals surface area contributed by atoms with Crippen molar-refractivity contribution < 1.29 is 0 Å². The molecule has 0 amide bonds. The van der Waals surface area contributed by atoms with Crippen LogP contribution in [0, 0.1) is 11.3 Å². The fourth-order valence-electron chi connectivity index (χ4n) is 2.12. The normalized spacial score (nSPS) is 20.7. The fraction of sp³-hybridized carbons (Fsp3) is 0.917. The monoisotopic (exact) mass is 228 g/mol. The summed E-state index contributed by atoms with van der Waals surface area (Å²) in [6, 6.07) is 0.633. The Labute approximate surface area is 99.2 Å². The lowest BCUT2D eigenvalue weighted by atomic mass is 9.98. The zero-order valence-electron chi connectivity index (χ0n) is 10.4. The third-order valence-corrected chi connectivity index (χ3v) is 3.90. The largest absolute Gasteiger partial charge is 0.393 e. The van der Waals surface area contributed by atoms with Gasteiger partial charge in [-0.1, -0.05) is 26.1 Å². The van der Waals surface area contributed by atoms with Crippen molar-refractivity contribution in [3.8, 4) is 0 Å². The van der Waals surface area contributed by atoms with E-state index in [0.29, 0.717) is 22.4 Å². The molecule has 1 fully saturated rings. The summed E-state index contributed by atoms with van der Waals surface area (Å²) in [7, 11) is 2.21. The van der Waals surface area contributed by atoms with Gasteiger partial charge >= 0.3 is 0 Å². The number of hydrogen-bond acceptors (Lipinski definition) is 2. The number of nitrogens with two attached hydrogens (primary N) is 1. The Kier molecular flexibility index (Phi) is 4.13. The number of nitrogens with zero attached hydrogens (tertiary/aromatic N) is 1. The zero-order valence-corrected chi connectivity index (χ0v) is 11.2. The first-order valence-electron chi connectivity index (χ1n) is 5.85. The lowest BCUT2D eigenvalue weighted by Gasteiger charge is -2.31. The maximum Gasteiger partial charge on any atom is 0.0733 e. The molecular weight excluding hydrogens is 204 g/mol. The van der Waals surface area contributed by atoms with Gasteiger partial charge in [0.15, 0.2) is 0 Å². The molecule has 0 spiro atoms. The van der Waals surface area contributed by atoms with Crippen molar-refractivity contribution in [3.63, 3.8) is 0 Å². The van der Waals surface area contributed by atoms with Crippen LogP contribution in [-0.2, 0) is 0 Å². The fourth-order valence-corrected chi connectivity index (χ4v) is 2.43. The molecule has 88 valence electrons. The van der Waals surface area contributed by atoms with Crippen molar-refractivity contribution in [1.29, 1.82) is 0 Å². The molecule has 0 bridgehead atoms. The van der Waals surface area contributed by atoms with E-state index in [1.165, 1.54) is 12.8 Å². The van der Waals surface area contributed by atoms with Crippen LogP contribution in [0.5, 0.6) is 0 Å². The minimum atomic E-state index is 0.420. The molecule has 0 aromatic heterocycles. The minimum absolute atomic E-state index is 0.420. The number of thiocarbonyl (C=S) groups is 1. The van der Waals surface area contributed by atoms with Gasteiger partial charge in [0.25, 0.3) is 0 Å². The number of rotatable bonds is 6. The molecule has 0 aliphatic heterocycles. The van der Waals surface area contributed by atoms with Crippen LogP contribution in [-0.4, -0.2) is 29.5 Å². The molecule has 0 radical (unpaired) electrons. The van der Waals surface area contributed by atoms with E-state index in [1.807, 2.05) is 0 Å². The first kappa shape index (κ1) is 12.9. The molecular formula is C12H24N2S. The lowest BCUT2D eigenvalue weighted by molar-refractivity contribution is 0.172. The van der Waals surface area contributed by atoms with Crippen LogP contribution >= 0.6 is 12.2 Å². The molecule has 15 heavy (non-hydrogen) atoms. The van der Waals surface area contributed by atoms with Crippen LogP contribution in [0.4, 0.5) is 0 Å². The molecule has 1 atom stereocenters. The van der Waals surface area contributed by atoms with Gasteiger partial charge in [0.05, 0.1) is 4.99 Å². The second-order valence-electron chi connectivity index (χ2n) is 5.54. The lowest BCUT2D eigenvalue weighted by Crippen LogP contribution is -2.38. The van der Waals surface area contributed by atoms with Crippen LogP contribution in [0.3, 0.4) is 0 Å². The van der Waals surface area contributed by atoms with Gasteiger partial charge in [-0.25, -0.2) is 0 Å². The van der Waals surface area contributed by atoms with Crippen molar-refractivity contribution in [3.05, 3.63) is 0 Å². The summed E-state index contributed by atoms with van der Waals surface area (Å²) in [6.07, 6.45) is 3.51. The van der Waals surface area contributed by atoms with Gasteiger partial charge in [-0.3, -0.25) is 0 Å². The van der Waals surface area contributed by atoms with Gasteiger partial charge in [-0.2, -0.15) is 0 Å². The SMILES string of the molecule is CC(C)C(C)N(C)CC1(CC(N)=S)CC1. The van der Waals surface area contributed by atoms with E-state index in [2.05, 4.69) is 32.7 Å². The summed E-state index contributed by atoms with van der Waals surface area (Å²) in [6.45, 7) is 7.98. The first-order valence-corrected chi connectivity index (χ1v) is 6.26. The van der Waals surface area contributed by atoms with E-state index < -0.39 is 0 Å². The first-order chi connectivity index (χ1) is 6.86. The van der Waals surface area contributed by atoms with E-state index >= 15 is 0 Å². The zero-order chi connectivity index (χ0) is 11.6. The van der Waals surface area contributed by atoms with Gasteiger partial charge in [0.1, 0.15) is 0 Å². The average molecular weight is 228 g/mol. The third kappa shape index (κ3) is 3.72. The van der Waals surface area contributed by atoms with E-state index in [9.17, 15) is 0 Å². The molecule has 0 heterocycles. The minimum Gasteiger partial charge on any atom is -0.393 e. The van der Waals surface area contributed by atoms with E-state index in [-0.39, 0.29) is 0 Å². The Morgan fingerprint density at radius 2 is 1.93 bits per heavy atom. The predicted octanol–water partition coefficient (Wildman–Crippen LogP) is 2.42. The maximum atomic E-state index is 5.64. The third-order valence-electron chi connectivity index (χ3n) is 3.75. The van der Waals surface area contributed by atoms with Crippen molar-refractivity contribution in [1.82, 2.24) is 4.90 Å². The highest BCUT2D eigenvalue weighted by molar-refractivity contribution is 7.80. The van der Waals surface area contributed by atoms with Gasteiger partial charge in [-0.15, -0.1) is 0 Å². The smallest absolute Gasteiger partial charge is 0.0733 e. The standard InChI is InChI=1S/C12H24N2S/c1-9(2)10(3)14(4)8-12(5-6-12)7-11(13)15/h9-10H,5-8H2,1-4H3,(H2,13,15). The van der Waals surface area contributed by atoms with E-state index in [4.69, 9.17) is 18.0 Å². The molecule has 1 rings (SSSR count). The Balaban J connectivity index is 2.44. The van der Waals surface area contributed by atoms with Gasteiger partial charge in [0, 0.05) is 19.0 Å². The molecule has 3 heteroatoms. The summed E-state index contributed by atoms with van der Waals surface area (Å²) in [4.78, 5) is 3.13. The Bertz CT molecular complexity index is 234. The molecule has 0 aromatic rings. The predicted molar refractivity (Wildman–Crippen MR) is 70.0 cm³/mol. The molecule has 2 nitrogen and oxygen atoms in total. The van der Waals surface area contributed by atoms with E-state index in [0.717, 1.165) is 13.0 Å². The summed E-state index contributed by atoms with van der Waals surface area (Å²) in [5.41, 5.74) is 6.06. The molecule has 1 unspecified atom stereocenters. The molecule has 0 aromatic carbocycles. The van der Waals surface area contributed by atoms with Crippen molar-refractivity contribution >= 4 is 17.2 Å². The summed E-state index contributed by atoms with van der Waals surface area (Å²) in [5, 5.41) is 0. The van der Waals surface area contributed by atoms with Crippen molar-refractivity contribution in [2.75, 3.05) is 13.6 Å². The molecule has 2 N–H and O–H groups in total. The second-order valence-corrected chi connectivity index (χ2v) is 6.07. The van der Waals surface area contributed by atoms with Crippen LogP contribution < -0.4 is 5.73 Å². The van der Waals surface area contributed by atoms with Crippen molar-refractivity contribution in [2.24, 2.45) is 17.1 Å². The van der Waals surface area contributed by atoms with E-state index in [1.54, 1.807) is 0 Å². The van der Waals surface area contributed by atoms with Gasteiger partial charge in [-0.05, 0) is 38.1 Å². The molecule has 0 saturated heterocycles. The highest BCUT2D eigenvalue weighted by Crippen LogP contribution is 2.49. The van der Waals surface area contributed by atoms with Crippen LogP contribution in [0.15, 0.2) is 0 Å². The Morgan fingerprint density at radius 3 is 2.27 bits per heavy atom. The summed E-state index contributed by atoms with van der Waals surface area (Å²) in [5.74, 6) is 0.704. The summed E-state index contributed by atoms with van der Waals surface area (Å²) >= 11 is 5.01. The quantitative estimate of drug-likeness (QED) is 0.708. The molecule has 1 aliphatic rings. The maximum absolute atomic E-state index is 5.64. The van der Waals surface area contributed by atoms with Gasteiger partial charge < -0.3 is 10.6 Å². The number of hydrogen-bond donors (Lipinski definition) is 1. The molecule has 1 aliphatic carbocycles. The average Bonchev–Trinajstić information content (AvgIpc) is 2.81. The topological polar surface area (TPSA) is 29.3 Å². The molecule has 1 saturated carbocycles. The second kappa shape index (κ2) is 4.79. The highest BCUT2D eigenvalue weighted by Gasteiger charge is 2.44. The van der Waals surface area contributed by atoms with Gasteiger partial charge in [0.2, 0.25) is 0 Å². The van der Waals surface area contributed by atoms with Crippen molar-refractivity contribution in [2.45, 2.75) is 46.1 Å². The van der Waals surface area contributed by atoms with Crippen LogP contribution in [0.1, 0.15) is 40.0 Å². The Hall–Kier alpha value is -0.150. The summed E-state index contributed by atoms with van der Waals surface area (Å²) < 4.78 is 0. The Morgan fingerprint density at radius 1 is 1.40 bits per heavy atom. The van der Waals surface area contributed by atoms with Crippen LogP contribution in [0.2, 0.25) is 0 Å². The highest BCUT2D eigenvalue weighted by atomic mass is 32.1.